The zero-order chi connectivity index (χ0) is 11.7. The van der Waals surface area contributed by atoms with E-state index in [1.165, 1.54) is 44.9 Å². The molecular weight excluding hydrogens is 180 g/mol. The van der Waals surface area contributed by atoms with Crippen LogP contribution in [-0.4, -0.2) is 0 Å². The maximum Gasteiger partial charge on any atom is -0.0409 e. The van der Waals surface area contributed by atoms with Crippen LogP contribution in [0.4, 0.5) is 0 Å². The highest BCUT2D eigenvalue weighted by molar-refractivity contribution is 4.67. The fraction of sp³-hybridized carbons (Fsp3) is 1.00. The zero-order valence-corrected chi connectivity index (χ0v) is 11.7. The van der Waals surface area contributed by atoms with E-state index in [1.54, 1.807) is 0 Å². The van der Waals surface area contributed by atoms with Gasteiger partial charge in [0.15, 0.2) is 0 Å². The maximum absolute atomic E-state index is 2.36. The Labute approximate surface area is 97.8 Å². The largest absolute Gasteiger partial charge is 0.0654 e. The molecule has 0 aliphatic carbocycles. The van der Waals surface area contributed by atoms with Gasteiger partial charge in [0.25, 0.3) is 0 Å². The van der Waals surface area contributed by atoms with Crippen molar-refractivity contribution in [1.82, 2.24) is 0 Å². The van der Waals surface area contributed by atoms with Crippen molar-refractivity contribution in [3.8, 4) is 0 Å². The minimum atomic E-state index is 0.876. The lowest BCUT2D eigenvalue weighted by Crippen LogP contribution is -2.11. The van der Waals surface area contributed by atoms with Crippen LogP contribution in [0.15, 0.2) is 0 Å². The zero-order valence-electron chi connectivity index (χ0n) is 11.7. The van der Waals surface area contributed by atoms with Crippen LogP contribution in [0, 0.1) is 17.8 Å². The van der Waals surface area contributed by atoms with E-state index in [0.717, 1.165) is 17.8 Å². The van der Waals surface area contributed by atoms with E-state index in [0.29, 0.717) is 0 Å². The first-order valence-corrected chi connectivity index (χ1v) is 7.13. The molecule has 0 spiro atoms. The summed E-state index contributed by atoms with van der Waals surface area (Å²) in [6.07, 6.45) is 9.91. The monoisotopic (exact) mass is 212 g/mol. The van der Waals surface area contributed by atoms with Crippen LogP contribution in [0.1, 0.15) is 79.6 Å². The second-order valence-electron chi connectivity index (χ2n) is 5.58. The first kappa shape index (κ1) is 15.0. The molecule has 15 heavy (non-hydrogen) atoms. The molecule has 0 amide bonds. The molecule has 0 saturated carbocycles. The van der Waals surface area contributed by atoms with E-state index in [1.807, 2.05) is 0 Å². The molecule has 0 rings (SSSR count). The van der Waals surface area contributed by atoms with Gasteiger partial charge in [0, 0.05) is 0 Å². The minimum Gasteiger partial charge on any atom is -0.0654 e. The number of rotatable bonds is 9. The first-order valence-electron chi connectivity index (χ1n) is 7.13. The second-order valence-corrected chi connectivity index (χ2v) is 5.58. The molecule has 0 heterocycles. The Morgan fingerprint density at radius 3 is 1.67 bits per heavy atom. The summed E-state index contributed by atoms with van der Waals surface area (Å²) in [6, 6.07) is 0. The summed E-state index contributed by atoms with van der Waals surface area (Å²) < 4.78 is 0. The molecule has 0 N–H and O–H groups in total. The van der Waals surface area contributed by atoms with Crippen LogP contribution >= 0.6 is 0 Å². The average Bonchev–Trinajstić information content (AvgIpc) is 2.16. The fourth-order valence-corrected chi connectivity index (χ4v) is 2.78. The van der Waals surface area contributed by atoms with Crippen molar-refractivity contribution >= 4 is 0 Å². The summed E-state index contributed by atoms with van der Waals surface area (Å²) in [7, 11) is 0. The van der Waals surface area contributed by atoms with Crippen molar-refractivity contribution in [3.63, 3.8) is 0 Å². The van der Waals surface area contributed by atoms with Crippen LogP contribution in [0.2, 0.25) is 0 Å². The Morgan fingerprint density at radius 1 is 0.733 bits per heavy atom. The molecule has 0 aliphatic heterocycles. The standard InChI is InChI=1S/C15H32/c1-6-9-14(8-3)12-15(10-7-2)11-13(4)5/h13-15H,6-12H2,1-5H3. The van der Waals surface area contributed by atoms with Crippen molar-refractivity contribution in [2.75, 3.05) is 0 Å². The van der Waals surface area contributed by atoms with Gasteiger partial charge in [-0.1, -0.05) is 66.7 Å². The molecule has 2 atom stereocenters. The van der Waals surface area contributed by atoms with Gasteiger partial charge in [0.1, 0.15) is 0 Å². The van der Waals surface area contributed by atoms with Crippen LogP contribution < -0.4 is 0 Å². The maximum atomic E-state index is 2.36. The molecule has 0 aromatic carbocycles. The van der Waals surface area contributed by atoms with Gasteiger partial charge in [-0.2, -0.15) is 0 Å². The van der Waals surface area contributed by atoms with Crippen molar-refractivity contribution in [2.45, 2.75) is 79.6 Å². The van der Waals surface area contributed by atoms with E-state index < -0.39 is 0 Å². The van der Waals surface area contributed by atoms with Crippen LogP contribution in [0.5, 0.6) is 0 Å². The fourth-order valence-electron chi connectivity index (χ4n) is 2.78. The Balaban J connectivity index is 3.99. The van der Waals surface area contributed by atoms with Crippen molar-refractivity contribution in [2.24, 2.45) is 17.8 Å². The molecular formula is C15H32. The van der Waals surface area contributed by atoms with Gasteiger partial charge in [0.05, 0.1) is 0 Å². The van der Waals surface area contributed by atoms with E-state index in [4.69, 9.17) is 0 Å². The van der Waals surface area contributed by atoms with Gasteiger partial charge in [-0.15, -0.1) is 0 Å². The third-order valence-electron chi connectivity index (χ3n) is 3.44. The van der Waals surface area contributed by atoms with E-state index >= 15 is 0 Å². The highest BCUT2D eigenvalue weighted by Gasteiger charge is 2.15. The molecule has 0 aliphatic rings. The molecule has 0 radical (unpaired) electrons. The van der Waals surface area contributed by atoms with Crippen molar-refractivity contribution < 1.29 is 0 Å². The summed E-state index contributed by atoms with van der Waals surface area (Å²) >= 11 is 0. The molecule has 0 nitrogen and oxygen atoms in total. The molecule has 0 aromatic rings. The van der Waals surface area contributed by atoms with Gasteiger partial charge in [0.2, 0.25) is 0 Å². The summed E-state index contributed by atoms with van der Waals surface area (Å²) in [5.41, 5.74) is 0. The molecule has 0 saturated heterocycles. The van der Waals surface area contributed by atoms with Gasteiger partial charge >= 0.3 is 0 Å². The second kappa shape index (κ2) is 9.24. The van der Waals surface area contributed by atoms with Gasteiger partial charge < -0.3 is 0 Å². The van der Waals surface area contributed by atoms with Gasteiger partial charge in [-0.3, -0.25) is 0 Å². The predicted molar refractivity (Wildman–Crippen MR) is 71.2 cm³/mol. The summed E-state index contributed by atoms with van der Waals surface area (Å²) in [5.74, 6) is 2.86. The average molecular weight is 212 g/mol. The lowest BCUT2D eigenvalue weighted by Gasteiger charge is -2.23. The first-order chi connectivity index (χ1) is 7.13. The van der Waals surface area contributed by atoms with Gasteiger partial charge in [-0.05, 0) is 30.6 Å². The molecule has 2 unspecified atom stereocenters. The Kier molecular flexibility index (Phi) is 9.24. The summed E-state index contributed by atoms with van der Waals surface area (Å²) in [6.45, 7) is 11.7. The van der Waals surface area contributed by atoms with Crippen LogP contribution in [0.25, 0.3) is 0 Å². The summed E-state index contributed by atoms with van der Waals surface area (Å²) in [5, 5.41) is 0. The summed E-state index contributed by atoms with van der Waals surface area (Å²) in [4.78, 5) is 0. The highest BCUT2D eigenvalue weighted by atomic mass is 14.2. The highest BCUT2D eigenvalue weighted by Crippen LogP contribution is 2.28. The Hall–Kier alpha value is 0. The Bertz CT molecular complexity index is 126. The van der Waals surface area contributed by atoms with Gasteiger partial charge in [-0.25, -0.2) is 0 Å². The smallest absolute Gasteiger partial charge is 0.0409 e. The molecule has 0 fully saturated rings. The molecule has 0 bridgehead atoms. The minimum absolute atomic E-state index is 0.876. The lowest BCUT2D eigenvalue weighted by molar-refractivity contribution is 0.286. The van der Waals surface area contributed by atoms with E-state index in [2.05, 4.69) is 34.6 Å². The van der Waals surface area contributed by atoms with Crippen LogP contribution in [0.3, 0.4) is 0 Å². The topological polar surface area (TPSA) is 0 Å². The van der Waals surface area contributed by atoms with E-state index in [-0.39, 0.29) is 0 Å². The third kappa shape index (κ3) is 7.88. The molecule has 0 aromatic heterocycles. The quantitative estimate of drug-likeness (QED) is 0.462. The van der Waals surface area contributed by atoms with E-state index in [9.17, 15) is 0 Å². The molecule has 92 valence electrons. The normalized spacial score (nSPS) is 15.6. The number of hydrogen-bond donors (Lipinski definition) is 0. The Morgan fingerprint density at radius 2 is 1.27 bits per heavy atom. The predicted octanol–water partition coefficient (Wildman–Crippen LogP) is 5.67. The third-order valence-corrected chi connectivity index (χ3v) is 3.44. The SMILES string of the molecule is CCCC(CC)CC(CCC)CC(C)C. The lowest BCUT2D eigenvalue weighted by atomic mass is 9.83. The number of hydrogen-bond acceptors (Lipinski definition) is 0. The van der Waals surface area contributed by atoms with Crippen LogP contribution in [-0.2, 0) is 0 Å². The molecule has 0 heteroatoms. The van der Waals surface area contributed by atoms with Crippen molar-refractivity contribution in [1.29, 1.82) is 0 Å². The van der Waals surface area contributed by atoms with Crippen molar-refractivity contribution in [3.05, 3.63) is 0 Å².